The lowest BCUT2D eigenvalue weighted by atomic mass is 9.97. The number of nitrogens with one attached hydrogen (secondary N) is 3. The number of alkyl carbamates (subject to hydrolysis) is 2. The molecule has 0 saturated heterocycles. The zero-order valence-electron chi connectivity index (χ0n) is 22.1. The minimum absolute atomic E-state index is 0.0653. The maximum Gasteiger partial charge on any atom is 0.408 e. The topological polar surface area (TPSA) is 126 Å². The summed E-state index contributed by atoms with van der Waals surface area (Å²) >= 11 is 0. The summed E-state index contributed by atoms with van der Waals surface area (Å²) < 4.78 is 10.4. The Labute approximate surface area is 222 Å². The van der Waals surface area contributed by atoms with Gasteiger partial charge in [0.05, 0.1) is 12.1 Å². The Morgan fingerprint density at radius 3 is 2.21 bits per heavy atom. The molecule has 0 heterocycles. The fourth-order valence-electron chi connectivity index (χ4n) is 3.71. The normalized spacial score (nSPS) is 13.6. The maximum atomic E-state index is 13.0. The molecule has 0 saturated carbocycles. The molecule has 3 aromatic carbocycles. The predicted octanol–water partition coefficient (Wildman–Crippen LogP) is 4.20. The summed E-state index contributed by atoms with van der Waals surface area (Å²) in [5.74, 6) is -0.531. The van der Waals surface area contributed by atoms with Crippen molar-refractivity contribution in [3.63, 3.8) is 0 Å². The molecule has 0 bridgehead atoms. The SMILES string of the molecule is C[C@H](NC(=O)OCc1ccccc1)C(=O)NC(c1ccc2ccccc2c1)C(O)CNC(=O)OC(C)(C)C. The van der Waals surface area contributed by atoms with E-state index in [1.165, 1.54) is 6.92 Å². The lowest BCUT2D eigenvalue weighted by Gasteiger charge is -2.27. The number of carbonyl (C=O) groups is 3. The van der Waals surface area contributed by atoms with Gasteiger partial charge in [-0.2, -0.15) is 0 Å². The van der Waals surface area contributed by atoms with E-state index in [4.69, 9.17) is 9.47 Å². The van der Waals surface area contributed by atoms with Crippen LogP contribution in [0.2, 0.25) is 0 Å². The average molecular weight is 522 g/mol. The van der Waals surface area contributed by atoms with E-state index in [0.717, 1.165) is 16.3 Å². The van der Waals surface area contributed by atoms with Crippen LogP contribution >= 0.6 is 0 Å². The highest BCUT2D eigenvalue weighted by molar-refractivity contribution is 5.86. The van der Waals surface area contributed by atoms with Crippen molar-refractivity contribution in [2.24, 2.45) is 0 Å². The highest BCUT2D eigenvalue weighted by Gasteiger charge is 2.27. The van der Waals surface area contributed by atoms with Crippen molar-refractivity contribution < 1.29 is 29.0 Å². The quantitative estimate of drug-likeness (QED) is 0.334. The molecule has 0 aliphatic rings. The number of aliphatic hydroxyl groups is 1. The molecule has 3 rings (SSSR count). The molecule has 0 spiro atoms. The van der Waals surface area contributed by atoms with Crippen LogP contribution in [0.4, 0.5) is 9.59 Å². The molecule has 0 aliphatic heterocycles. The number of ether oxygens (including phenoxy) is 2. The van der Waals surface area contributed by atoms with Crippen molar-refractivity contribution in [2.75, 3.05) is 6.54 Å². The molecular formula is C29H35N3O6. The summed E-state index contributed by atoms with van der Waals surface area (Å²) in [5.41, 5.74) is 0.753. The first-order chi connectivity index (χ1) is 18.0. The van der Waals surface area contributed by atoms with Crippen molar-refractivity contribution in [1.82, 2.24) is 16.0 Å². The van der Waals surface area contributed by atoms with Crippen molar-refractivity contribution >= 4 is 28.9 Å². The highest BCUT2D eigenvalue weighted by Crippen LogP contribution is 2.23. The highest BCUT2D eigenvalue weighted by atomic mass is 16.6. The molecule has 0 fully saturated rings. The zero-order chi connectivity index (χ0) is 27.7. The van der Waals surface area contributed by atoms with Gasteiger partial charge in [0.1, 0.15) is 18.2 Å². The fraction of sp³-hybridized carbons (Fsp3) is 0.345. The molecule has 0 aliphatic carbocycles. The predicted molar refractivity (Wildman–Crippen MR) is 144 cm³/mol. The van der Waals surface area contributed by atoms with Crippen LogP contribution < -0.4 is 16.0 Å². The number of amides is 3. The third-order valence-corrected chi connectivity index (χ3v) is 5.61. The summed E-state index contributed by atoms with van der Waals surface area (Å²) in [6, 6.07) is 20.6. The maximum absolute atomic E-state index is 13.0. The molecule has 4 N–H and O–H groups in total. The largest absolute Gasteiger partial charge is 0.445 e. The monoisotopic (exact) mass is 521 g/mol. The van der Waals surface area contributed by atoms with Crippen molar-refractivity contribution in [2.45, 2.75) is 58.1 Å². The van der Waals surface area contributed by atoms with Gasteiger partial charge < -0.3 is 30.5 Å². The van der Waals surface area contributed by atoms with Gasteiger partial charge >= 0.3 is 12.2 Å². The minimum Gasteiger partial charge on any atom is -0.445 e. The molecule has 38 heavy (non-hydrogen) atoms. The van der Waals surface area contributed by atoms with Gasteiger partial charge in [0.2, 0.25) is 5.91 Å². The molecule has 3 amide bonds. The summed E-state index contributed by atoms with van der Waals surface area (Å²) in [7, 11) is 0. The first-order valence-corrected chi connectivity index (χ1v) is 12.4. The molecule has 0 radical (unpaired) electrons. The van der Waals surface area contributed by atoms with Gasteiger partial charge in [0, 0.05) is 6.54 Å². The number of benzene rings is 3. The smallest absolute Gasteiger partial charge is 0.408 e. The standard InChI is InChI=1S/C29H35N3O6/c1-19(31-28(36)37-18-20-10-6-5-7-11-20)26(34)32-25(24(33)17-30-27(35)38-29(2,3)4)23-15-14-21-12-8-9-13-22(21)16-23/h5-16,19,24-25,33H,17-18H2,1-4H3,(H,30,35)(H,31,36)(H,32,34)/t19-,24?,25?/m0/s1. The van der Waals surface area contributed by atoms with Crippen molar-refractivity contribution in [1.29, 1.82) is 0 Å². The zero-order valence-corrected chi connectivity index (χ0v) is 22.1. The number of rotatable bonds is 9. The van der Waals surface area contributed by atoms with E-state index < -0.39 is 41.9 Å². The van der Waals surface area contributed by atoms with Crippen LogP contribution in [-0.2, 0) is 20.9 Å². The van der Waals surface area contributed by atoms with E-state index >= 15 is 0 Å². The average Bonchev–Trinajstić information content (AvgIpc) is 2.88. The van der Waals surface area contributed by atoms with Crippen LogP contribution in [0.1, 0.15) is 44.9 Å². The third kappa shape index (κ3) is 8.77. The molecule has 3 aromatic rings. The lowest BCUT2D eigenvalue weighted by Crippen LogP contribution is -2.49. The molecule has 3 atom stereocenters. The molecule has 9 heteroatoms. The second-order valence-corrected chi connectivity index (χ2v) is 9.97. The number of fused-ring (bicyclic) bond motifs is 1. The van der Waals surface area contributed by atoms with Crippen LogP contribution in [-0.4, -0.2) is 47.5 Å². The number of hydrogen-bond donors (Lipinski definition) is 4. The number of hydrogen-bond acceptors (Lipinski definition) is 6. The Balaban J connectivity index is 1.68. The van der Waals surface area contributed by atoms with Gasteiger partial charge in [-0.05, 0) is 55.7 Å². The van der Waals surface area contributed by atoms with Crippen molar-refractivity contribution in [3.05, 3.63) is 83.9 Å². The first kappa shape index (κ1) is 28.5. The van der Waals surface area contributed by atoms with Gasteiger partial charge in [0.15, 0.2) is 0 Å². The van der Waals surface area contributed by atoms with Crippen LogP contribution in [0.5, 0.6) is 0 Å². The van der Waals surface area contributed by atoms with Gasteiger partial charge in [-0.25, -0.2) is 9.59 Å². The Kier molecular flexibility index (Phi) is 9.67. The van der Waals surface area contributed by atoms with Crippen LogP contribution in [0.15, 0.2) is 72.8 Å². The summed E-state index contributed by atoms with van der Waals surface area (Å²) in [6.07, 6.45) is -2.62. The van der Waals surface area contributed by atoms with Crippen LogP contribution in [0.25, 0.3) is 10.8 Å². The minimum atomic E-state index is -1.19. The van der Waals surface area contributed by atoms with E-state index in [2.05, 4.69) is 16.0 Å². The number of carbonyl (C=O) groups excluding carboxylic acids is 3. The second-order valence-electron chi connectivity index (χ2n) is 9.97. The molecule has 2 unspecified atom stereocenters. The van der Waals surface area contributed by atoms with Gasteiger partial charge in [0.25, 0.3) is 0 Å². The van der Waals surface area contributed by atoms with Gasteiger partial charge in [-0.1, -0.05) is 66.7 Å². The van der Waals surface area contributed by atoms with Gasteiger partial charge in [-0.15, -0.1) is 0 Å². The van der Waals surface area contributed by atoms with Crippen LogP contribution in [0, 0.1) is 0 Å². The molecular weight excluding hydrogens is 486 g/mol. The van der Waals surface area contributed by atoms with E-state index in [1.54, 1.807) is 26.8 Å². The van der Waals surface area contributed by atoms with Crippen molar-refractivity contribution in [3.8, 4) is 0 Å². The van der Waals surface area contributed by atoms with Crippen LogP contribution in [0.3, 0.4) is 0 Å². The Hall–Kier alpha value is -4.11. The molecule has 202 valence electrons. The fourth-order valence-corrected chi connectivity index (χ4v) is 3.71. The summed E-state index contributed by atoms with van der Waals surface area (Å²) in [5, 5.41) is 20.8. The lowest BCUT2D eigenvalue weighted by molar-refractivity contribution is -0.124. The molecule has 9 nitrogen and oxygen atoms in total. The summed E-state index contributed by atoms with van der Waals surface area (Å²) in [6.45, 7) is 6.62. The molecule has 0 aromatic heterocycles. The van der Waals surface area contributed by atoms with Gasteiger partial charge in [-0.3, -0.25) is 4.79 Å². The van der Waals surface area contributed by atoms with E-state index in [-0.39, 0.29) is 13.2 Å². The Bertz CT molecular complexity index is 1240. The van der Waals surface area contributed by atoms with E-state index in [0.29, 0.717) is 5.56 Å². The summed E-state index contributed by atoms with van der Waals surface area (Å²) in [4.78, 5) is 37.4. The first-order valence-electron chi connectivity index (χ1n) is 12.4. The Morgan fingerprint density at radius 1 is 0.868 bits per heavy atom. The Morgan fingerprint density at radius 2 is 1.53 bits per heavy atom. The number of aliphatic hydroxyl groups excluding tert-OH is 1. The van der Waals surface area contributed by atoms with E-state index in [1.807, 2.05) is 66.7 Å². The second kappa shape index (κ2) is 12.9. The van der Waals surface area contributed by atoms with E-state index in [9.17, 15) is 19.5 Å². The third-order valence-electron chi connectivity index (χ3n) is 5.61.